The van der Waals surface area contributed by atoms with Gasteiger partial charge in [-0.2, -0.15) is 0 Å². The van der Waals surface area contributed by atoms with Crippen LogP contribution < -0.4 is 4.74 Å². The van der Waals surface area contributed by atoms with Crippen molar-refractivity contribution < 1.29 is 14.3 Å². The van der Waals surface area contributed by atoms with Crippen LogP contribution in [0.1, 0.15) is 27.2 Å². The average molecular weight is 265 g/mol. The molecule has 104 valence electrons. The van der Waals surface area contributed by atoms with Crippen molar-refractivity contribution in [1.82, 2.24) is 14.9 Å². The van der Waals surface area contributed by atoms with E-state index in [1.54, 1.807) is 17.2 Å². The van der Waals surface area contributed by atoms with Gasteiger partial charge in [-0.25, -0.2) is 14.8 Å². The van der Waals surface area contributed by atoms with Gasteiger partial charge in [0.15, 0.2) is 0 Å². The lowest BCUT2D eigenvalue weighted by atomic mass is 10.2. The predicted molar refractivity (Wildman–Crippen MR) is 68.9 cm³/mol. The van der Waals surface area contributed by atoms with Gasteiger partial charge in [0.2, 0.25) is 5.88 Å². The SMILES string of the molecule is CC(C)(C)OC(=O)N1CC[C@@H](Oc2ccncn2)C1. The molecule has 1 saturated heterocycles. The van der Waals surface area contributed by atoms with E-state index < -0.39 is 5.60 Å². The van der Waals surface area contributed by atoms with Crippen LogP contribution in [0.2, 0.25) is 0 Å². The summed E-state index contributed by atoms with van der Waals surface area (Å²) in [4.78, 5) is 21.4. The second kappa shape index (κ2) is 5.42. The first-order valence-corrected chi connectivity index (χ1v) is 6.34. The Morgan fingerprint density at radius 2 is 2.26 bits per heavy atom. The van der Waals surface area contributed by atoms with E-state index in [0.717, 1.165) is 6.42 Å². The third-order valence-corrected chi connectivity index (χ3v) is 2.64. The highest BCUT2D eigenvalue weighted by Gasteiger charge is 2.30. The molecule has 2 rings (SSSR count). The lowest BCUT2D eigenvalue weighted by Crippen LogP contribution is -2.36. The van der Waals surface area contributed by atoms with Crippen molar-refractivity contribution in [3.05, 3.63) is 18.6 Å². The number of carbonyl (C=O) groups excluding carboxylic acids is 1. The normalized spacial score (nSPS) is 19.3. The Bertz CT molecular complexity index is 431. The molecule has 1 aromatic heterocycles. The Kier molecular flexibility index (Phi) is 3.87. The number of ether oxygens (including phenoxy) is 2. The van der Waals surface area contributed by atoms with Crippen LogP contribution in [0.5, 0.6) is 5.88 Å². The first-order valence-electron chi connectivity index (χ1n) is 6.34. The van der Waals surface area contributed by atoms with Gasteiger partial charge < -0.3 is 14.4 Å². The molecule has 0 aliphatic carbocycles. The van der Waals surface area contributed by atoms with Crippen molar-refractivity contribution in [3.63, 3.8) is 0 Å². The van der Waals surface area contributed by atoms with Crippen LogP contribution in [0.15, 0.2) is 18.6 Å². The van der Waals surface area contributed by atoms with Gasteiger partial charge in [-0.1, -0.05) is 0 Å². The molecule has 0 N–H and O–H groups in total. The standard InChI is InChI=1S/C13H19N3O3/c1-13(2,3)19-12(17)16-7-5-10(8-16)18-11-4-6-14-9-15-11/h4,6,9-10H,5,7-8H2,1-3H3/t10-/m1/s1. The molecule has 0 saturated carbocycles. The fraction of sp³-hybridized carbons (Fsp3) is 0.615. The van der Waals surface area contributed by atoms with E-state index in [1.165, 1.54) is 6.33 Å². The summed E-state index contributed by atoms with van der Waals surface area (Å²) in [5.41, 5.74) is -0.470. The fourth-order valence-electron chi connectivity index (χ4n) is 1.84. The maximum absolute atomic E-state index is 11.9. The van der Waals surface area contributed by atoms with Crippen LogP contribution in [0.4, 0.5) is 4.79 Å². The molecular weight excluding hydrogens is 246 g/mol. The molecule has 1 aliphatic heterocycles. The number of carbonyl (C=O) groups is 1. The van der Waals surface area contributed by atoms with Crippen molar-refractivity contribution in [2.24, 2.45) is 0 Å². The van der Waals surface area contributed by atoms with E-state index in [1.807, 2.05) is 20.8 Å². The number of nitrogens with zero attached hydrogens (tertiary/aromatic N) is 3. The van der Waals surface area contributed by atoms with Gasteiger partial charge in [0.05, 0.1) is 6.54 Å². The van der Waals surface area contributed by atoms with Gasteiger partial charge >= 0.3 is 6.09 Å². The zero-order valence-electron chi connectivity index (χ0n) is 11.5. The zero-order valence-corrected chi connectivity index (χ0v) is 11.5. The van der Waals surface area contributed by atoms with Crippen LogP contribution in [-0.4, -0.2) is 45.8 Å². The van der Waals surface area contributed by atoms with Gasteiger partial charge in [0.1, 0.15) is 18.0 Å². The van der Waals surface area contributed by atoms with E-state index >= 15 is 0 Å². The molecule has 6 nitrogen and oxygen atoms in total. The third-order valence-electron chi connectivity index (χ3n) is 2.64. The van der Waals surface area contributed by atoms with Crippen LogP contribution in [-0.2, 0) is 4.74 Å². The highest BCUT2D eigenvalue weighted by Crippen LogP contribution is 2.18. The maximum Gasteiger partial charge on any atom is 0.410 e. The summed E-state index contributed by atoms with van der Waals surface area (Å²) in [6.07, 6.45) is 3.52. The van der Waals surface area contributed by atoms with E-state index in [-0.39, 0.29) is 12.2 Å². The van der Waals surface area contributed by atoms with Crippen molar-refractivity contribution in [2.75, 3.05) is 13.1 Å². The molecule has 2 heterocycles. The summed E-state index contributed by atoms with van der Waals surface area (Å²) in [7, 11) is 0. The second-order valence-corrected chi connectivity index (χ2v) is 5.50. The third kappa shape index (κ3) is 4.08. The Labute approximate surface area is 112 Å². The summed E-state index contributed by atoms with van der Waals surface area (Å²) in [6, 6.07) is 1.70. The van der Waals surface area contributed by atoms with Crippen molar-refractivity contribution in [1.29, 1.82) is 0 Å². The molecule has 6 heteroatoms. The molecule has 19 heavy (non-hydrogen) atoms. The van der Waals surface area contributed by atoms with Crippen molar-refractivity contribution >= 4 is 6.09 Å². The van der Waals surface area contributed by atoms with Crippen LogP contribution in [0.3, 0.4) is 0 Å². The van der Waals surface area contributed by atoms with E-state index in [2.05, 4.69) is 9.97 Å². The number of aromatic nitrogens is 2. The number of amides is 1. The highest BCUT2D eigenvalue weighted by molar-refractivity contribution is 5.68. The smallest absolute Gasteiger partial charge is 0.410 e. The Balaban J connectivity index is 1.85. The second-order valence-electron chi connectivity index (χ2n) is 5.50. The van der Waals surface area contributed by atoms with Gasteiger partial charge in [-0.05, 0) is 20.8 Å². The van der Waals surface area contributed by atoms with Gasteiger partial charge in [-0.3, -0.25) is 0 Å². The maximum atomic E-state index is 11.9. The number of rotatable bonds is 2. The molecule has 1 fully saturated rings. The molecule has 0 bridgehead atoms. The molecule has 1 atom stereocenters. The summed E-state index contributed by atoms with van der Waals surface area (Å²) < 4.78 is 11.0. The lowest BCUT2D eigenvalue weighted by Gasteiger charge is -2.24. The Hall–Kier alpha value is -1.85. The molecule has 0 aromatic carbocycles. The molecule has 1 aliphatic rings. The molecule has 0 radical (unpaired) electrons. The van der Waals surface area contributed by atoms with Crippen LogP contribution in [0.25, 0.3) is 0 Å². The zero-order chi connectivity index (χ0) is 13.9. The quantitative estimate of drug-likeness (QED) is 0.816. The molecular formula is C13H19N3O3. The first-order chi connectivity index (χ1) is 8.94. The van der Waals surface area contributed by atoms with E-state index in [9.17, 15) is 4.79 Å². The first kappa shape index (κ1) is 13.6. The average Bonchev–Trinajstić information content (AvgIpc) is 2.77. The van der Waals surface area contributed by atoms with Gasteiger partial charge in [-0.15, -0.1) is 0 Å². The Morgan fingerprint density at radius 3 is 2.89 bits per heavy atom. The minimum Gasteiger partial charge on any atom is -0.472 e. The lowest BCUT2D eigenvalue weighted by molar-refractivity contribution is 0.0275. The molecule has 1 amide bonds. The highest BCUT2D eigenvalue weighted by atomic mass is 16.6. The fourth-order valence-corrected chi connectivity index (χ4v) is 1.84. The molecule has 0 unspecified atom stereocenters. The predicted octanol–water partition coefficient (Wildman–Crippen LogP) is 1.86. The van der Waals surface area contributed by atoms with Crippen LogP contribution in [0, 0.1) is 0 Å². The molecule has 1 aromatic rings. The number of likely N-dealkylation sites (tertiary alicyclic amines) is 1. The van der Waals surface area contributed by atoms with Gasteiger partial charge in [0, 0.05) is 25.2 Å². The minimum absolute atomic E-state index is 0.0394. The summed E-state index contributed by atoms with van der Waals surface area (Å²) in [5, 5.41) is 0. The van der Waals surface area contributed by atoms with Gasteiger partial charge in [0.25, 0.3) is 0 Å². The minimum atomic E-state index is -0.470. The monoisotopic (exact) mass is 265 g/mol. The summed E-state index contributed by atoms with van der Waals surface area (Å²) in [5.74, 6) is 0.533. The van der Waals surface area contributed by atoms with Crippen LogP contribution >= 0.6 is 0 Å². The molecule has 0 spiro atoms. The summed E-state index contributed by atoms with van der Waals surface area (Å²) in [6.45, 7) is 6.74. The van der Waals surface area contributed by atoms with Crippen molar-refractivity contribution in [2.45, 2.75) is 38.9 Å². The number of hydrogen-bond acceptors (Lipinski definition) is 5. The van der Waals surface area contributed by atoms with E-state index in [4.69, 9.17) is 9.47 Å². The van der Waals surface area contributed by atoms with Crippen molar-refractivity contribution in [3.8, 4) is 5.88 Å². The topological polar surface area (TPSA) is 64.5 Å². The Morgan fingerprint density at radius 1 is 1.47 bits per heavy atom. The number of hydrogen-bond donors (Lipinski definition) is 0. The largest absolute Gasteiger partial charge is 0.472 e. The van der Waals surface area contributed by atoms with E-state index in [0.29, 0.717) is 19.0 Å². The summed E-state index contributed by atoms with van der Waals surface area (Å²) >= 11 is 0.